The first-order chi connectivity index (χ1) is 27.0. The summed E-state index contributed by atoms with van der Waals surface area (Å²) in [7, 11) is 0. The van der Waals surface area contributed by atoms with Crippen molar-refractivity contribution in [2.75, 3.05) is 11.9 Å². The van der Waals surface area contributed by atoms with E-state index in [-0.39, 0.29) is 52.9 Å². The van der Waals surface area contributed by atoms with E-state index in [1.54, 1.807) is 6.20 Å². The van der Waals surface area contributed by atoms with Gasteiger partial charge < -0.3 is 14.6 Å². The monoisotopic (exact) mass is 768 g/mol. The quantitative estimate of drug-likeness (QED) is 0.109. The molecule has 4 aromatic heterocycles. The van der Waals surface area contributed by atoms with E-state index in [2.05, 4.69) is 46.3 Å². The van der Waals surface area contributed by atoms with Gasteiger partial charge in [0.15, 0.2) is 23.1 Å². The zero-order chi connectivity index (χ0) is 37.5. The fraction of sp³-hybridized carbons (Fsp3) is 0.250. The SMILES string of the molecule is CCOC(=O)[C@@H]1C2CCC(CC2)[C@H]1Nc1nc(-c2cn(C(c3ccccc3)(c3ccccc3)c3ccccc3)c3ncc(Cl)nc23)nc(-c2cccs2)c1F. The highest BCUT2D eigenvalue weighted by atomic mass is 35.5. The number of hydrogen-bond acceptors (Lipinski definition) is 8. The van der Waals surface area contributed by atoms with Crippen LogP contribution in [0.5, 0.6) is 0 Å². The molecule has 3 fully saturated rings. The Labute approximate surface area is 327 Å². The average molecular weight is 769 g/mol. The van der Waals surface area contributed by atoms with Gasteiger partial charge in [-0.1, -0.05) is 109 Å². The number of benzene rings is 3. The maximum atomic E-state index is 16.9. The molecule has 8 nitrogen and oxygen atoms in total. The second-order valence-electron chi connectivity index (χ2n) is 14.2. The molecule has 1 N–H and O–H groups in total. The van der Waals surface area contributed by atoms with Gasteiger partial charge in [-0.15, -0.1) is 11.3 Å². The molecule has 0 spiro atoms. The van der Waals surface area contributed by atoms with Crippen LogP contribution in [-0.2, 0) is 15.1 Å². The molecule has 2 bridgehead atoms. The van der Waals surface area contributed by atoms with E-state index in [1.807, 2.05) is 85.2 Å². The second-order valence-corrected chi connectivity index (χ2v) is 15.6. The van der Waals surface area contributed by atoms with E-state index in [0.717, 1.165) is 42.4 Å². The number of fused-ring (bicyclic) bond motifs is 4. The Kier molecular flexibility index (Phi) is 9.40. The Morgan fingerprint density at radius 1 is 0.873 bits per heavy atom. The van der Waals surface area contributed by atoms with Crippen LogP contribution in [0.1, 0.15) is 49.3 Å². The first-order valence-corrected chi connectivity index (χ1v) is 20.0. The number of nitrogens with zero attached hydrogens (tertiary/aromatic N) is 5. The van der Waals surface area contributed by atoms with Gasteiger partial charge in [-0.3, -0.25) is 4.79 Å². The number of aromatic nitrogens is 5. The standard InChI is InChI=1S/C44H38ClFN6O2S/c1-2-54-43(53)35-27-20-22-28(23-21-27)37(35)49-41-36(46)39(33-19-12-24-55-33)50-40(51-41)32-26-52(42-38(32)48-34(45)25-47-42)44(29-13-6-3-7-14-29,30-15-8-4-9-16-30)31-17-10-5-11-18-31/h3-19,24-28,35,37H,2,20-23H2,1H3,(H,49,50,51)/t27?,28?,35-,37-/m1/s1. The molecule has 11 heteroatoms. The second kappa shape index (κ2) is 14.7. The summed E-state index contributed by atoms with van der Waals surface area (Å²) < 4.78 is 24.6. The van der Waals surface area contributed by atoms with E-state index in [9.17, 15) is 4.79 Å². The Morgan fingerprint density at radius 3 is 2.07 bits per heavy atom. The van der Waals surface area contributed by atoms with Gasteiger partial charge in [0.2, 0.25) is 0 Å². The van der Waals surface area contributed by atoms with Crippen LogP contribution in [-0.4, -0.2) is 43.1 Å². The van der Waals surface area contributed by atoms with Crippen molar-refractivity contribution in [2.45, 2.75) is 44.2 Å². The van der Waals surface area contributed by atoms with Crippen molar-refractivity contribution in [1.82, 2.24) is 24.5 Å². The summed E-state index contributed by atoms with van der Waals surface area (Å²) >= 11 is 8.01. The highest BCUT2D eigenvalue weighted by Crippen LogP contribution is 2.48. The number of hydrogen-bond donors (Lipinski definition) is 1. The maximum absolute atomic E-state index is 16.9. The minimum atomic E-state index is -0.936. The number of thiophene rings is 1. The van der Waals surface area contributed by atoms with Gasteiger partial charge in [0.1, 0.15) is 21.9 Å². The topological polar surface area (TPSA) is 94.8 Å². The summed E-state index contributed by atoms with van der Waals surface area (Å²) in [6.07, 6.45) is 7.33. The number of nitrogens with one attached hydrogen (secondary N) is 1. The Bertz CT molecular complexity index is 2360. The molecule has 10 rings (SSSR count). The van der Waals surface area contributed by atoms with Crippen LogP contribution in [0.15, 0.2) is 121 Å². The summed E-state index contributed by atoms with van der Waals surface area (Å²) in [4.78, 5) is 33.7. The number of carbonyl (C=O) groups excluding carboxylic acids is 1. The summed E-state index contributed by atoms with van der Waals surface area (Å²) in [5.41, 5.74) is 3.75. The largest absolute Gasteiger partial charge is 0.466 e. The van der Waals surface area contributed by atoms with Crippen LogP contribution in [0.4, 0.5) is 10.2 Å². The summed E-state index contributed by atoms with van der Waals surface area (Å²) in [5, 5.41) is 5.56. The van der Waals surface area contributed by atoms with Gasteiger partial charge in [-0.25, -0.2) is 24.3 Å². The fourth-order valence-electron chi connectivity index (χ4n) is 8.98. The van der Waals surface area contributed by atoms with Crippen molar-refractivity contribution >= 4 is 45.9 Å². The van der Waals surface area contributed by atoms with Crippen LogP contribution in [0.2, 0.25) is 5.15 Å². The molecule has 0 amide bonds. The van der Waals surface area contributed by atoms with E-state index in [1.165, 1.54) is 11.3 Å². The summed E-state index contributed by atoms with van der Waals surface area (Å²) in [5.74, 6) is -0.575. The first-order valence-electron chi connectivity index (χ1n) is 18.7. The molecule has 4 heterocycles. The average Bonchev–Trinajstić information content (AvgIpc) is 3.90. The number of carbonyl (C=O) groups is 1. The van der Waals surface area contributed by atoms with Gasteiger partial charge >= 0.3 is 5.97 Å². The lowest BCUT2D eigenvalue weighted by Crippen LogP contribution is -2.52. The fourth-order valence-corrected chi connectivity index (χ4v) is 9.82. The Morgan fingerprint density at radius 2 is 1.49 bits per heavy atom. The highest BCUT2D eigenvalue weighted by molar-refractivity contribution is 7.13. The molecule has 276 valence electrons. The van der Waals surface area contributed by atoms with Gasteiger partial charge in [0, 0.05) is 12.2 Å². The van der Waals surface area contributed by atoms with Crippen LogP contribution in [0.25, 0.3) is 33.1 Å². The number of rotatable bonds is 10. The van der Waals surface area contributed by atoms with Crippen LogP contribution in [0.3, 0.4) is 0 Å². The third-order valence-corrected chi connectivity index (χ3v) is 12.4. The highest BCUT2D eigenvalue weighted by Gasteiger charge is 2.48. The molecule has 55 heavy (non-hydrogen) atoms. The summed E-state index contributed by atoms with van der Waals surface area (Å²) in [6, 6.07) is 34.2. The van der Waals surface area contributed by atoms with Crippen LogP contribution < -0.4 is 5.32 Å². The van der Waals surface area contributed by atoms with Crippen LogP contribution >= 0.6 is 22.9 Å². The van der Waals surface area contributed by atoms with Crippen molar-refractivity contribution in [3.63, 3.8) is 0 Å². The van der Waals surface area contributed by atoms with E-state index in [4.69, 9.17) is 36.3 Å². The minimum absolute atomic E-state index is 0.0385. The summed E-state index contributed by atoms with van der Waals surface area (Å²) in [6.45, 7) is 2.11. The smallest absolute Gasteiger partial charge is 0.311 e. The molecule has 3 aromatic carbocycles. The van der Waals surface area contributed by atoms with Crippen molar-refractivity contribution in [3.8, 4) is 22.0 Å². The van der Waals surface area contributed by atoms with E-state index >= 15 is 4.39 Å². The van der Waals surface area contributed by atoms with Gasteiger partial charge in [-0.05, 0) is 72.6 Å². The maximum Gasteiger partial charge on any atom is 0.311 e. The van der Waals surface area contributed by atoms with E-state index < -0.39 is 17.3 Å². The molecule has 2 atom stereocenters. The van der Waals surface area contributed by atoms with Gasteiger partial charge in [-0.2, -0.15) is 0 Å². The van der Waals surface area contributed by atoms with Gasteiger partial charge in [0.05, 0.1) is 29.2 Å². The van der Waals surface area contributed by atoms with Crippen LogP contribution in [0, 0.1) is 23.6 Å². The third kappa shape index (κ3) is 6.08. The minimum Gasteiger partial charge on any atom is -0.466 e. The Balaban J connectivity index is 1.29. The molecule has 0 radical (unpaired) electrons. The predicted octanol–water partition coefficient (Wildman–Crippen LogP) is 10.0. The van der Waals surface area contributed by atoms with Crippen molar-refractivity contribution in [1.29, 1.82) is 0 Å². The molecule has 0 unspecified atom stereocenters. The molecule has 3 aliphatic carbocycles. The molecule has 3 saturated carbocycles. The molecule has 7 aromatic rings. The van der Waals surface area contributed by atoms with Gasteiger partial charge in [0.25, 0.3) is 0 Å². The lowest BCUT2D eigenvalue weighted by molar-refractivity contribution is -0.154. The lowest BCUT2D eigenvalue weighted by Gasteiger charge is -2.47. The van der Waals surface area contributed by atoms with Crippen molar-refractivity contribution in [2.24, 2.45) is 17.8 Å². The number of ether oxygens (including phenoxy) is 1. The lowest BCUT2D eigenvalue weighted by atomic mass is 9.61. The predicted molar refractivity (Wildman–Crippen MR) is 214 cm³/mol. The molecule has 3 aliphatic rings. The van der Waals surface area contributed by atoms with Crippen molar-refractivity contribution in [3.05, 3.63) is 149 Å². The molecule has 0 saturated heterocycles. The van der Waals surface area contributed by atoms with Crippen molar-refractivity contribution < 1.29 is 13.9 Å². The third-order valence-electron chi connectivity index (χ3n) is 11.3. The Hall–Kier alpha value is -5.45. The number of anilines is 1. The molecular formula is C44H38ClFN6O2S. The zero-order valence-corrected chi connectivity index (χ0v) is 31.7. The molecule has 0 aliphatic heterocycles. The number of esters is 1. The zero-order valence-electron chi connectivity index (χ0n) is 30.1. The first kappa shape index (κ1) is 35.3. The number of halogens is 2. The van der Waals surface area contributed by atoms with E-state index in [0.29, 0.717) is 21.6 Å². The normalized spacial score (nSPS) is 19.4. The molecular weight excluding hydrogens is 731 g/mol.